The van der Waals surface area contributed by atoms with Crippen LogP contribution < -0.4 is 0 Å². The number of unbranched alkanes of at least 4 members (excludes halogenated alkanes) is 2. The molecule has 0 aromatic heterocycles. The third kappa shape index (κ3) is 6.99. The lowest BCUT2D eigenvalue weighted by Crippen LogP contribution is -2.08. The maximum absolute atomic E-state index is 8.61. The highest BCUT2D eigenvalue weighted by molar-refractivity contribution is 7.39. The zero-order chi connectivity index (χ0) is 9.40. The second-order valence-corrected chi connectivity index (χ2v) is 3.60. The molecule has 2 N–H and O–H groups in total. The van der Waals surface area contributed by atoms with Gasteiger partial charge in [-0.15, -0.1) is 0 Å². The summed E-state index contributed by atoms with van der Waals surface area (Å²) in [6.07, 6.45) is 5.29. The van der Waals surface area contributed by atoms with Gasteiger partial charge in [0.2, 0.25) is 0 Å². The Kier molecular flexibility index (Phi) is 8.14. The molecule has 0 heterocycles. The molecule has 0 bridgehead atoms. The molecule has 0 fully saturated rings. The van der Waals surface area contributed by atoms with Crippen molar-refractivity contribution in [3.05, 3.63) is 0 Å². The van der Waals surface area contributed by atoms with Crippen LogP contribution >= 0.6 is 8.60 Å². The fourth-order valence-corrected chi connectivity index (χ4v) is 1.61. The smallest absolute Gasteiger partial charge is 0.327 e. The van der Waals surface area contributed by atoms with Crippen LogP contribution in [0.5, 0.6) is 0 Å². The molecule has 0 aliphatic carbocycles. The zero-order valence-corrected chi connectivity index (χ0v) is 8.76. The summed E-state index contributed by atoms with van der Waals surface area (Å²) in [5, 5.41) is 0. The highest BCUT2D eigenvalue weighted by Gasteiger charge is 2.10. The van der Waals surface area contributed by atoms with E-state index in [1.807, 2.05) is 6.92 Å². The first-order valence-corrected chi connectivity index (χ1v) is 5.71. The molecule has 3 nitrogen and oxygen atoms in total. The largest absolute Gasteiger partial charge is 0.328 e. The molecule has 0 saturated carbocycles. The zero-order valence-electron chi connectivity index (χ0n) is 7.86. The maximum atomic E-state index is 8.61. The molecular formula is C8H19O3P. The summed E-state index contributed by atoms with van der Waals surface area (Å²) in [6, 6.07) is 0. The second-order valence-electron chi connectivity index (χ2n) is 2.88. The van der Waals surface area contributed by atoms with Crippen LogP contribution in [0.1, 0.15) is 46.0 Å². The summed E-state index contributed by atoms with van der Waals surface area (Å²) in [6.45, 7) is 4.14. The molecule has 1 atom stereocenters. The molecule has 0 aliphatic rings. The Morgan fingerprint density at radius 3 is 2.33 bits per heavy atom. The lowest BCUT2D eigenvalue weighted by molar-refractivity contribution is 0.155. The first kappa shape index (κ1) is 12.3. The Morgan fingerprint density at radius 2 is 1.92 bits per heavy atom. The fourth-order valence-electron chi connectivity index (χ4n) is 1.09. The van der Waals surface area contributed by atoms with Crippen molar-refractivity contribution in [1.29, 1.82) is 0 Å². The van der Waals surface area contributed by atoms with Crippen molar-refractivity contribution in [2.24, 2.45) is 0 Å². The van der Waals surface area contributed by atoms with Crippen LogP contribution in [0.2, 0.25) is 0 Å². The topological polar surface area (TPSA) is 49.7 Å². The Bertz CT molecular complexity index is 98.3. The molecule has 0 radical (unpaired) electrons. The average molecular weight is 194 g/mol. The summed E-state index contributed by atoms with van der Waals surface area (Å²) >= 11 is 0. The van der Waals surface area contributed by atoms with E-state index in [0.717, 1.165) is 19.3 Å². The van der Waals surface area contributed by atoms with Gasteiger partial charge in [-0.1, -0.05) is 33.1 Å². The Labute approximate surface area is 75.8 Å². The van der Waals surface area contributed by atoms with E-state index in [9.17, 15) is 0 Å². The molecule has 0 amide bonds. The highest BCUT2D eigenvalue weighted by Crippen LogP contribution is 2.29. The van der Waals surface area contributed by atoms with E-state index in [0.29, 0.717) is 0 Å². The van der Waals surface area contributed by atoms with Crippen molar-refractivity contribution in [3.8, 4) is 0 Å². The van der Waals surface area contributed by atoms with Gasteiger partial charge in [0, 0.05) is 0 Å². The molecule has 0 rings (SSSR count). The van der Waals surface area contributed by atoms with Gasteiger partial charge < -0.3 is 14.3 Å². The quantitative estimate of drug-likeness (QED) is 0.483. The van der Waals surface area contributed by atoms with E-state index in [1.165, 1.54) is 12.8 Å². The molecule has 4 heteroatoms. The standard InChI is InChI=1S/C8H19O3P/c1-3-5-6-7-8(4-2)11-12(9)10/h8-10H,3-7H2,1-2H3. The normalized spacial score (nSPS) is 13.8. The Hall–Kier alpha value is 0.310. The summed E-state index contributed by atoms with van der Waals surface area (Å²) in [7, 11) is -2.17. The summed E-state index contributed by atoms with van der Waals surface area (Å²) in [5.74, 6) is 0. The van der Waals surface area contributed by atoms with Crippen LogP contribution in [0.15, 0.2) is 0 Å². The molecule has 12 heavy (non-hydrogen) atoms. The minimum absolute atomic E-state index is 0.0256. The van der Waals surface area contributed by atoms with Crippen LogP contribution in [0.4, 0.5) is 0 Å². The average Bonchev–Trinajstić information content (AvgIpc) is 2.02. The van der Waals surface area contributed by atoms with Gasteiger partial charge in [-0.25, -0.2) is 0 Å². The van der Waals surface area contributed by atoms with Crippen molar-refractivity contribution in [3.63, 3.8) is 0 Å². The number of hydrogen-bond acceptors (Lipinski definition) is 3. The molecule has 74 valence electrons. The van der Waals surface area contributed by atoms with Gasteiger partial charge >= 0.3 is 8.60 Å². The van der Waals surface area contributed by atoms with E-state index >= 15 is 0 Å². The van der Waals surface area contributed by atoms with Crippen molar-refractivity contribution < 1.29 is 14.3 Å². The van der Waals surface area contributed by atoms with Crippen molar-refractivity contribution in [1.82, 2.24) is 0 Å². The lowest BCUT2D eigenvalue weighted by atomic mass is 10.1. The number of hydrogen-bond donors (Lipinski definition) is 2. The minimum atomic E-state index is -2.17. The van der Waals surface area contributed by atoms with Gasteiger partial charge in [0.15, 0.2) is 0 Å². The lowest BCUT2D eigenvalue weighted by Gasteiger charge is -2.15. The van der Waals surface area contributed by atoms with Crippen LogP contribution in [-0.2, 0) is 4.52 Å². The highest BCUT2D eigenvalue weighted by atomic mass is 31.2. The van der Waals surface area contributed by atoms with Gasteiger partial charge in [0.1, 0.15) is 0 Å². The SMILES string of the molecule is CCCCCC(CC)OP(O)O. The molecule has 0 aromatic rings. The van der Waals surface area contributed by atoms with Gasteiger partial charge in [-0.3, -0.25) is 0 Å². The summed E-state index contributed by atoms with van der Waals surface area (Å²) in [4.78, 5) is 17.2. The van der Waals surface area contributed by atoms with Crippen LogP contribution in [-0.4, -0.2) is 15.9 Å². The molecule has 0 spiro atoms. The van der Waals surface area contributed by atoms with Crippen LogP contribution in [0.25, 0.3) is 0 Å². The maximum Gasteiger partial charge on any atom is 0.327 e. The molecular weight excluding hydrogens is 175 g/mol. The monoisotopic (exact) mass is 194 g/mol. The van der Waals surface area contributed by atoms with E-state index in [2.05, 4.69) is 6.92 Å². The van der Waals surface area contributed by atoms with Crippen LogP contribution in [0.3, 0.4) is 0 Å². The van der Waals surface area contributed by atoms with Gasteiger partial charge in [-0.05, 0) is 12.8 Å². The molecule has 0 aliphatic heterocycles. The minimum Gasteiger partial charge on any atom is -0.328 e. The molecule has 0 saturated heterocycles. The first-order chi connectivity index (χ1) is 5.70. The Morgan fingerprint density at radius 1 is 1.25 bits per heavy atom. The van der Waals surface area contributed by atoms with E-state index < -0.39 is 8.60 Å². The van der Waals surface area contributed by atoms with Gasteiger partial charge in [0.05, 0.1) is 6.10 Å². The van der Waals surface area contributed by atoms with Crippen molar-refractivity contribution in [2.45, 2.75) is 52.1 Å². The third-order valence-electron chi connectivity index (χ3n) is 1.83. The predicted molar refractivity (Wildman–Crippen MR) is 50.7 cm³/mol. The van der Waals surface area contributed by atoms with Crippen molar-refractivity contribution >= 4 is 8.60 Å². The third-order valence-corrected chi connectivity index (χ3v) is 2.32. The summed E-state index contributed by atoms with van der Waals surface area (Å²) < 4.78 is 4.92. The van der Waals surface area contributed by atoms with E-state index in [-0.39, 0.29) is 6.10 Å². The van der Waals surface area contributed by atoms with Gasteiger partial charge in [0.25, 0.3) is 0 Å². The first-order valence-electron chi connectivity index (χ1n) is 4.55. The van der Waals surface area contributed by atoms with E-state index in [1.54, 1.807) is 0 Å². The molecule has 0 aromatic carbocycles. The summed E-state index contributed by atoms with van der Waals surface area (Å²) in [5.41, 5.74) is 0. The number of rotatable bonds is 7. The Balaban J connectivity index is 3.39. The predicted octanol–water partition coefficient (Wildman–Crippen LogP) is 2.57. The van der Waals surface area contributed by atoms with Gasteiger partial charge in [-0.2, -0.15) is 0 Å². The van der Waals surface area contributed by atoms with Crippen molar-refractivity contribution in [2.75, 3.05) is 0 Å². The second kappa shape index (κ2) is 7.93. The molecule has 1 unspecified atom stereocenters. The fraction of sp³-hybridized carbons (Fsp3) is 1.00. The van der Waals surface area contributed by atoms with E-state index in [4.69, 9.17) is 14.3 Å². The van der Waals surface area contributed by atoms with Crippen LogP contribution in [0, 0.1) is 0 Å².